The number of aromatic nitrogens is 1. The quantitative estimate of drug-likeness (QED) is 0.612. The number of rotatable bonds is 7. The summed E-state index contributed by atoms with van der Waals surface area (Å²) in [5.74, 6) is 0. The van der Waals surface area contributed by atoms with Crippen molar-refractivity contribution in [2.24, 2.45) is 0 Å². The second-order valence-corrected chi connectivity index (χ2v) is 3.54. The minimum absolute atomic E-state index is 0.0987. The first-order valence-electron chi connectivity index (χ1n) is 5.27. The van der Waals surface area contributed by atoms with Crippen molar-refractivity contribution >= 4 is 0 Å². The number of nitrogens with one attached hydrogen (secondary N) is 1. The molecular formula is C11H18N2O3. The van der Waals surface area contributed by atoms with Crippen LogP contribution in [0.3, 0.4) is 0 Å². The Morgan fingerprint density at radius 3 is 3.06 bits per heavy atom. The van der Waals surface area contributed by atoms with E-state index in [4.69, 9.17) is 4.74 Å². The highest BCUT2D eigenvalue weighted by Crippen LogP contribution is 1.88. The molecule has 0 saturated heterocycles. The van der Waals surface area contributed by atoms with Gasteiger partial charge in [-0.05, 0) is 6.07 Å². The van der Waals surface area contributed by atoms with E-state index in [0.717, 1.165) is 0 Å². The van der Waals surface area contributed by atoms with Crippen molar-refractivity contribution < 1.29 is 9.84 Å². The molecule has 0 fully saturated rings. The molecule has 5 heteroatoms. The average molecular weight is 226 g/mol. The number of methoxy groups -OCH3 is 1. The zero-order valence-corrected chi connectivity index (χ0v) is 9.43. The fraction of sp³-hybridized carbons (Fsp3) is 0.545. The van der Waals surface area contributed by atoms with Gasteiger partial charge in [-0.1, -0.05) is 6.07 Å². The SMILES string of the molecule is COCCNCC(O)Cn1ccccc1=O. The van der Waals surface area contributed by atoms with Gasteiger partial charge in [0.1, 0.15) is 0 Å². The van der Waals surface area contributed by atoms with E-state index in [2.05, 4.69) is 5.32 Å². The molecule has 0 aliphatic heterocycles. The van der Waals surface area contributed by atoms with Crippen LogP contribution in [0, 0.1) is 0 Å². The van der Waals surface area contributed by atoms with Crippen molar-refractivity contribution in [2.75, 3.05) is 26.8 Å². The molecule has 1 aromatic heterocycles. The molecule has 5 nitrogen and oxygen atoms in total. The lowest BCUT2D eigenvalue weighted by molar-refractivity contribution is 0.143. The molecule has 90 valence electrons. The maximum atomic E-state index is 11.3. The zero-order valence-electron chi connectivity index (χ0n) is 9.43. The molecule has 16 heavy (non-hydrogen) atoms. The maximum absolute atomic E-state index is 11.3. The number of aliphatic hydroxyl groups excluding tert-OH is 1. The van der Waals surface area contributed by atoms with Gasteiger partial charge in [-0.3, -0.25) is 4.79 Å². The molecule has 0 spiro atoms. The Bertz CT molecular complexity index is 351. The van der Waals surface area contributed by atoms with Gasteiger partial charge in [-0.2, -0.15) is 0 Å². The second-order valence-electron chi connectivity index (χ2n) is 3.54. The predicted octanol–water partition coefficient (Wildman–Crippen LogP) is -0.555. The predicted molar refractivity (Wildman–Crippen MR) is 61.5 cm³/mol. The molecule has 0 aliphatic rings. The highest BCUT2D eigenvalue weighted by atomic mass is 16.5. The van der Waals surface area contributed by atoms with Crippen LogP contribution in [-0.4, -0.2) is 42.6 Å². The molecule has 0 saturated carbocycles. The Morgan fingerprint density at radius 2 is 2.38 bits per heavy atom. The van der Waals surface area contributed by atoms with Gasteiger partial charge >= 0.3 is 0 Å². The zero-order chi connectivity index (χ0) is 11.8. The summed E-state index contributed by atoms with van der Waals surface area (Å²) in [6, 6.07) is 4.93. The third-order valence-electron chi connectivity index (χ3n) is 2.17. The molecule has 2 N–H and O–H groups in total. The number of hydrogen-bond acceptors (Lipinski definition) is 4. The average Bonchev–Trinajstić information content (AvgIpc) is 2.28. The highest BCUT2D eigenvalue weighted by molar-refractivity contribution is 4.93. The van der Waals surface area contributed by atoms with Gasteiger partial charge in [-0.15, -0.1) is 0 Å². The Balaban J connectivity index is 2.31. The molecule has 0 aliphatic carbocycles. The monoisotopic (exact) mass is 226 g/mol. The van der Waals surface area contributed by atoms with E-state index in [-0.39, 0.29) is 5.56 Å². The van der Waals surface area contributed by atoms with E-state index < -0.39 is 6.10 Å². The van der Waals surface area contributed by atoms with Crippen LogP contribution in [0.25, 0.3) is 0 Å². The molecular weight excluding hydrogens is 208 g/mol. The Kier molecular flexibility index (Phi) is 5.77. The number of hydrogen-bond donors (Lipinski definition) is 2. The van der Waals surface area contributed by atoms with Crippen molar-refractivity contribution in [1.82, 2.24) is 9.88 Å². The number of ether oxygens (including phenoxy) is 1. The molecule has 0 radical (unpaired) electrons. The second kappa shape index (κ2) is 7.16. The van der Waals surface area contributed by atoms with Crippen LogP contribution in [0.15, 0.2) is 29.2 Å². The number of nitrogens with zero attached hydrogens (tertiary/aromatic N) is 1. The summed E-state index contributed by atoms with van der Waals surface area (Å²) >= 11 is 0. The normalized spacial score (nSPS) is 12.6. The van der Waals surface area contributed by atoms with Crippen LogP contribution in [-0.2, 0) is 11.3 Å². The van der Waals surface area contributed by atoms with Gasteiger partial charge in [0.2, 0.25) is 0 Å². The maximum Gasteiger partial charge on any atom is 0.250 e. The van der Waals surface area contributed by atoms with E-state index in [1.54, 1.807) is 25.4 Å². The molecule has 1 rings (SSSR count). The van der Waals surface area contributed by atoms with Gasteiger partial charge in [0.15, 0.2) is 0 Å². The van der Waals surface area contributed by atoms with Crippen LogP contribution in [0.2, 0.25) is 0 Å². The lowest BCUT2D eigenvalue weighted by Crippen LogP contribution is -2.34. The molecule has 1 aromatic rings. The van der Waals surface area contributed by atoms with E-state index in [1.165, 1.54) is 10.6 Å². The molecule has 0 amide bonds. The summed E-state index contributed by atoms with van der Waals surface area (Å²) in [7, 11) is 1.63. The Labute approximate surface area is 94.7 Å². The van der Waals surface area contributed by atoms with Gasteiger partial charge in [-0.25, -0.2) is 0 Å². The molecule has 1 atom stereocenters. The highest BCUT2D eigenvalue weighted by Gasteiger charge is 2.04. The van der Waals surface area contributed by atoms with Crippen molar-refractivity contribution in [3.8, 4) is 0 Å². The fourth-order valence-electron chi connectivity index (χ4n) is 1.35. The van der Waals surface area contributed by atoms with E-state index >= 15 is 0 Å². The van der Waals surface area contributed by atoms with Crippen molar-refractivity contribution in [3.63, 3.8) is 0 Å². The molecule has 1 heterocycles. The lowest BCUT2D eigenvalue weighted by Gasteiger charge is -2.13. The van der Waals surface area contributed by atoms with Crippen LogP contribution in [0.4, 0.5) is 0 Å². The third kappa shape index (κ3) is 4.57. The molecule has 1 unspecified atom stereocenters. The largest absolute Gasteiger partial charge is 0.390 e. The number of pyridine rings is 1. The summed E-state index contributed by atoms with van der Waals surface area (Å²) in [6.45, 7) is 2.06. The summed E-state index contributed by atoms with van der Waals surface area (Å²) in [5.41, 5.74) is -0.0987. The van der Waals surface area contributed by atoms with Gasteiger partial charge in [0, 0.05) is 32.5 Å². The number of aliphatic hydroxyl groups is 1. The fourth-order valence-corrected chi connectivity index (χ4v) is 1.35. The smallest absolute Gasteiger partial charge is 0.250 e. The Hall–Kier alpha value is -1.17. The van der Waals surface area contributed by atoms with Crippen LogP contribution in [0.1, 0.15) is 0 Å². The van der Waals surface area contributed by atoms with Crippen molar-refractivity contribution in [1.29, 1.82) is 0 Å². The van der Waals surface area contributed by atoms with Crippen LogP contribution in [0.5, 0.6) is 0 Å². The Morgan fingerprint density at radius 1 is 1.56 bits per heavy atom. The summed E-state index contributed by atoms with van der Waals surface area (Å²) in [6.07, 6.45) is 1.10. The van der Waals surface area contributed by atoms with Crippen LogP contribution < -0.4 is 10.9 Å². The lowest BCUT2D eigenvalue weighted by atomic mass is 10.3. The third-order valence-corrected chi connectivity index (χ3v) is 2.17. The van der Waals surface area contributed by atoms with Gasteiger partial charge in [0.05, 0.1) is 19.3 Å². The summed E-state index contributed by atoms with van der Waals surface area (Å²) < 4.78 is 6.35. The van der Waals surface area contributed by atoms with Gasteiger partial charge < -0.3 is 19.7 Å². The van der Waals surface area contributed by atoms with E-state index in [0.29, 0.717) is 26.2 Å². The minimum atomic E-state index is -0.572. The summed E-state index contributed by atoms with van der Waals surface area (Å²) in [4.78, 5) is 11.3. The first-order valence-corrected chi connectivity index (χ1v) is 5.27. The topological polar surface area (TPSA) is 63.5 Å². The first-order chi connectivity index (χ1) is 7.74. The van der Waals surface area contributed by atoms with E-state index in [1.807, 2.05) is 0 Å². The van der Waals surface area contributed by atoms with E-state index in [9.17, 15) is 9.90 Å². The first kappa shape index (κ1) is 12.9. The van der Waals surface area contributed by atoms with Crippen molar-refractivity contribution in [3.05, 3.63) is 34.7 Å². The van der Waals surface area contributed by atoms with Crippen LogP contribution >= 0.6 is 0 Å². The minimum Gasteiger partial charge on any atom is -0.390 e. The molecule has 0 bridgehead atoms. The standard InChI is InChI=1S/C11H18N2O3/c1-16-7-5-12-8-10(14)9-13-6-3-2-4-11(13)15/h2-4,6,10,12,14H,5,7-9H2,1H3. The molecule has 0 aromatic carbocycles. The summed E-state index contributed by atoms with van der Waals surface area (Å²) in [5, 5.41) is 12.7. The van der Waals surface area contributed by atoms with Gasteiger partial charge in [0.25, 0.3) is 5.56 Å². The van der Waals surface area contributed by atoms with Crippen molar-refractivity contribution in [2.45, 2.75) is 12.6 Å².